The van der Waals surface area contributed by atoms with Crippen LogP contribution in [0.15, 0.2) is 24.3 Å². The molecule has 1 aliphatic rings. The summed E-state index contributed by atoms with van der Waals surface area (Å²) in [6, 6.07) is 3.95. The first-order valence-corrected chi connectivity index (χ1v) is 8.84. The molecule has 0 unspecified atom stereocenters. The summed E-state index contributed by atoms with van der Waals surface area (Å²) in [6.45, 7) is 7.45. The average molecular weight is 373 g/mol. The minimum atomic E-state index is -4.38. The van der Waals surface area contributed by atoms with E-state index < -0.39 is 17.8 Å². The van der Waals surface area contributed by atoms with E-state index in [2.05, 4.69) is 29.4 Å². The first-order chi connectivity index (χ1) is 12.2. The Hall–Kier alpha value is -1.80. The number of ether oxygens (including phenoxy) is 1. The second kappa shape index (κ2) is 9.23. The minimum Gasteiger partial charge on any atom is -0.373 e. The molecule has 0 spiro atoms. The third-order valence-corrected chi connectivity index (χ3v) is 4.15. The number of alkyl halides is 3. The summed E-state index contributed by atoms with van der Waals surface area (Å²) in [5, 5.41) is 5.24. The van der Waals surface area contributed by atoms with Crippen molar-refractivity contribution < 1.29 is 22.7 Å². The number of anilines is 1. The predicted molar refractivity (Wildman–Crippen MR) is 94.1 cm³/mol. The molecule has 0 saturated carbocycles. The molecule has 2 N–H and O–H groups in total. The molecular formula is C18H26F3N3O2. The first kappa shape index (κ1) is 20.5. The largest absolute Gasteiger partial charge is 0.416 e. The highest BCUT2D eigenvalue weighted by Crippen LogP contribution is 2.29. The molecule has 1 saturated heterocycles. The number of carbonyl (C=O) groups excluding carboxylic acids is 1. The quantitative estimate of drug-likeness (QED) is 0.748. The molecule has 0 bridgehead atoms. The number of unbranched alkanes of at least 4 members (excludes halogenated alkanes) is 1. The summed E-state index contributed by atoms with van der Waals surface area (Å²) in [5.74, 6) is 0. The van der Waals surface area contributed by atoms with Crippen LogP contribution in [0.4, 0.5) is 23.7 Å². The van der Waals surface area contributed by atoms with Gasteiger partial charge in [-0.25, -0.2) is 4.79 Å². The summed E-state index contributed by atoms with van der Waals surface area (Å²) in [5.41, 5.74) is -0.415. The van der Waals surface area contributed by atoms with Crippen LogP contribution in [0, 0.1) is 0 Å². The average Bonchev–Trinajstić information content (AvgIpc) is 2.53. The van der Waals surface area contributed by atoms with Crippen LogP contribution >= 0.6 is 0 Å². The van der Waals surface area contributed by atoms with Gasteiger partial charge in [0.1, 0.15) is 0 Å². The van der Waals surface area contributed by atoms with Gasteiger partial charge in [0.25, 0.3) is 0 Å². The van der Waals surface area contributed by atoms with Gasteiger partial charge in [-0.3, -0.25) is 4.90 Å². The van der Waals surface area contributed by atoms with E-state index in [0.29, 0.717) is 12.2 Å². The predicted octanol–water partition coefficient (Wildman–Crippen LogP) is 3.72. The van der Waals surface area contributed by atoms with Crippen LogP contribution < -0.4 is 10.6 Å². The number of morpholine rings is 1. The molecule has 1 aromatic rings. The fraction of sp³-hybridized carbons (Fsp3) is 0.611. The zero-order chi connectivity index (χ0) is 19.2. The normalized spacial score (nSPS) is 21.4. The number of urea groups is 1. The van der Waals surface area contributed by atoms with Gasteiger partial charge in [0.15, 0.2) is 0 Å². The monoisotopic (exact) mass is 373 g/mol. The fourth-order valence-electron chi connectivity index (χ4n) is 3.05. The molecule has 8 heteroatoms. The molecule has 1 fully saturated rings. The highest BCUT2D eigenvalue weighted by atomic mass is 19.4. The van der Waals surface area contributed by atoms with Crippen LogP contribution in [0.25, 0.3) is 0 Å². The zero-order valence-electron chi connectivity index (χ0n) is 15.1. The smallest absolute Gasteiger partial charge is 0.373 e. The van der Waals surface area contributed by atoms with Crippen LogP contribution in [-0.2, 0) is 10.9 Å². The lowest BCUT2D eigenvalue weighted by Gasteiger charge is -2.35. The van der Waals surface area contributed by atoms with Gasteiger partial charge in [-0.15, -0.1) is 0 Å². The van der Waals surface area contributed by atoms with Gasteiger partial charge in [0.05, 0.1) is 17.8 Å². The molecule has 2 atom stereocenters. The van der Waals surface area contributed by atoms with E-state index in [9.17, 15) is 18.0 Å². The van der Waals surface area contributed by atoms with E-state index in [1.165, 1.54) is 12.1 Å². The van der Waals surface area contributed by atoms with E-state index in [0.717, 1.165) is 44.6 Å². The summed E-state index contributed by atoms with van der Waals surface area (Å²) >= 11 is 0. The molecule has 146 valence electrons. The van der Waals surface area contributed by atoms with Gasteiger partial charge in [0.2, 0.25) is 0 Å². The number of nitrogens with one attached hydrogen (secondary N) is 2. The Kier molecular flexibility index (Phi) is 7.28. The topological polar surface area (TPSA) is 53.6 Å². The van der Waals surface area contributed by atoms with Crippen molar-refractivity contribution in [2.75, 3.05) is 31.5 Å². The number of hydrogen-bond donors (Lipinski definition) is 2. The molecule has 0 aromatic heterocycles. The standard InChI is InChI=1S/C18H26F3N3O2/c1-13-11-24(12-14(2)26-13)10-4-3-9-22-17(25)23-16-7-5-15(6-8-16)18(19,20)21/h5-8,13-14H,3-4,9-12H2,1-2H3,(H2,22,23,25)/t13-,14-/m1/s1. The van der Waals surface area contributed by atoms with Crippen LogP contribution in [0.1, 0.15) is 32.3 Å². The maximum absolute atomic E-state index is 12.5. The van der Waals surface area contributed by atoms with Crippen molar-refractivity contribution in [2.45, 2.75) is 45.1 Å². The van der Waals surface area contributed by atoms with E-state index in [4.69, 9.17) is 4.74 Å². The molecule has 1 aliphatic heterocycles. The van der Waals surface area contributed by atoms with Gasteiger partial charge in [-0.05, 0) is 57.5 Å². The second-order valence-corrected chi connectivity index (χ2v) is 6.68. The fourth-order valence-corrected chi connectivity index (χ4v) is 3.05. The van der Waals surface area contributed by atoms with Gasteiger partial charge in [-0.2, -0.15) is 13.2 Å². The Labute approximate surface area is 151 Å². The maximum Gasteiger partial charge on any atom is 0.416 e. The summed E-state index contributed by atoms with van der Waals surface area (Å²) < 4.78 is 43.2. The molecule has 0 aliphatic carbocycles. The Morgan fingerprint density at radius 2 is 1.77 bits per heavy atom. The van der Waals surface area contributed by atoms with Gasteiger partial charge < -0.3 is 15.4 Å². The van der Waals surface area contributed by atoms with Crippen molar-refractivity contribution in [1.82, 2.24) is 10.2 Å². The van der Waals surface area contributed by atoms with Crippen molar-refractivity contribution in [2.24, 2.45) is 0 Å². The third kappa shape index (κ3) is 6.84. The molecule has 1 heterocycles. The number of nitrogens with zero attached hydrogens (tertiary/aromatic N) is 1. The van der Waals surface area contributed by atoms with Crippen molar-refractivity contribution >= 4 is 11.7 Å². The van der Waals surface area contributed by atoms with Crippen LogP contribution in [0.3, 0.4) is 0 Å². The van der Waals surface area contributed by atoms with Crippen LogP contribution in [-0.4, -0.2) is 49.3 Å². The molecule has 0 radical (unpaired) electrons. The molecule has 2 rings (SSSR count). The Morgan fingerprint density at radius 3 is 2.35 bits per heavy atom. The lowest BCUT2D eigenvalue weighted by Crippen LogP contribution is -2.45. The zero-order valence-corrected chi connectivity index (χ0v) is 15.1. The lowest BCUT2D eigenvalue weighted by atomic mass is 10.2. The van der Waals surface area contributed by atoms with Crippen LogP contribution in [0.5, 0.6) is 0 Å². The minimum absolute atomic E-state index is 0.242. The highest BCUT2D eigenvalue weighted by molar-refractivity contribution is 5.89. The number of rotatable bonds is 6. The second-order valence-electron chi connectivity index (χ2n) is 6.68. The molecular weight excluding hydrogens is 347 g/mol. The summed E-state index contributed by atoms with van der Waals surface area (Å²) in [6.07, 6.45) is -2.10. The van der Waals surface area contributed by atoms with E-state index >= 15 is 0 Å². The Bertz CT molecular complexity index is 568. The number of halogens is 3. The first-order valence-electron chi connectivity index (χ1n) is 8.84. The molecule has 5 nitrogen and oxygen atoms in total. The summed E-state index contributed by atoms with van der Waals surface area (Å²) in [4.78, 5) is 14.1. The lowest BCUT2D eigenvalue weighted by molar-refractivity contribution is -0.137. The van der Waals surface area contributed by atoms with Crippen molar-refractivity contribution in [3.05, 3.63) is 29.8 Å². The number of carbonyl (C=O) groups is 1. The Morgan fingerprint density at radius 1 is 1.15 bits per heavy atom. The van der Waals surface area contributed by atoms with Crippen LogP contribution in [0.2, 0.25) is 0 Å². The van der Waals surface area contributed by atoms with Gasteiger partial charge in [-0.1, -0.05) is 0 Å². The van der Waals surface area contributed by atoms with Crippen molar-refractivity contribution in [3.8, 4) is 0 Å². The molecule has 26 heavy (non-hydrogen) atoms. The van der Waals surface area contributed by atoms with Crippen molar-refractivity contribution in [1.29, 1.82) is 0 Å². The van der Waals surface area contributed by atoms with E-state index in [-0.39, 0.29) is 12.2 Å². The third-order valence-electron chi connectivity index (χ3n) is 4.15. The number of benzene rings is 1. The molecule has 1 aromatic carbocycles. The van der Waals surface area contributed by atoms with E-state index in [1.807, 2.05) is 0 Å². The summed E-state index contributed by atoms with van der Waals surface area (Å²) in [7, 11) is 0. The van der Waals surface area contributed by atoms with Gasteiger partial charge >= 0.3 is 12.2 Å². The molecule has 2 amide bonds. The van der Waals surface area contributed by atoms with Gasteiger partial charge in [0, 0.05) is 25.3 Å². The number of amides is 2. The van der Waals surface area contributed by atoms with Crippen molar-refractivity contribution in [3.63, 3.8) is 0 Å². The Balaban J connectivity index is 1.62. The highest BCUT2D eigenvalue weighted by Gasteiger charge is 2.30. The number of hydrogen-bond acceptors (Lipinski definition) is 3. The van der Waals surface area contributed by atoms with E-state index in [1.54, 1.807) is 0 Å². The maximum atomic E-state index is 12.5. The SMILES string of the molecule is C[C@@H]1CN(CCCCNC(=O)Nc2ccc(C(F)(F)F)cc2)C[C@@H](C)O1.